The van der Waals surface area contributed by atoms with Crippen molar-refractivity contribution in [3.8, 4) is 11.5 Å². The van der Waals surface area contributed by atoms with Crippen LogP contribution in [-0.2, 0) is 16.0 Å². The molecule has 0 radical (unpaired) electrons. The molecular weight excluding hydrogens is 599 g/mol. The fourth-order valence-corrected chi connectivity index (χ4v) is 6.13. The van der Waals surface area contributed by atoms with Crippen LogP contribution in [0.15, 0.2) is 60.7 Å². The fraction of sp³-hybridized carbons (Fsp3) is 0.286. The molecular formula is C35H32Cl2N2O5. The molecule has 2 atom stereocenters. The first-order valence-electron chi connectivity index (χ1n) is 14.5. The molecule has 0 spiro atoms. The molecule has 1 aliphatic heterocycles. The highest BCUT2D eigenvalue weighted by atomic mass is 35.5. The fourth-order valence-electron chi connectivity index (χ4n) is 5.67. The predicted octanol–water partition coefficient (Wildman–Crippen LogP) is 8.60. The molecule has 0 fully saturated rings. The van der Waals surface area contributed by atoms with Gasteiger partial charge in [0, 0.05) is 10.4 Å². The van der Waals surface area contributed by atoms with Crippen LogP contribution in [0.1, 0.15) is 61.3 Å². The second-order valence-corrected chi connectivity index (χ2v) is 13.1. The molecule has 9 heteroatoms. The number of fused-ring (bicyclic) bond motifs is 3. The molecule has 1 aromatic heterocycles. The van der Waals surface area contributed by atoms with Gasteiger partial charge in [-0.1, -0.05) is 68.2 Å². The number of rotatable bonds is 5. The Bertz CT molecular complexity index is 1830. The lowest BCUT2D eigenvalue weighted by Gasteiger charge is -2.36. The monoisotopic (exact) mass is 630 g/mol. The summed E-state index contributed by atoms with van der Waals surface area (Å²) in [5.41, 5.74) is 4.99. The number of benzene rings is 3. The van der Waals surface area contributed by atoms with E-state index < -0.39 is 18.0 Å². The van der Waals surface area contributed by atoms with Crippen LogP contribution in [0.4, 0.5) is 5.69 Å². The second kappa shape index (κ2) is 11.8. The topological polar surface area (TPSA) is 86.8 Å². The first-order valence-corrected chi connectivity index (χ1v) is 15.2. The van der Waals surface area contributed by atoms with Crippen molar-refractivity contribution in [1.82, 2.24) is 4.98 Å². The Hall–Kier alpha value is -4.07. The van der Waals surface area contributed by atoms with Gasteiger partial charge in [-0.2, -0.15) is 0 Å². The van der Waals surface area contributed by atoms with Gasteiger partial charge in [0.05, 0.1) is 27.5 Å². The van der Waals surface area contributed by atoms with Crippen LogP contribution in [0.5, 0.6) is 11.5 Å². The minimum Gasteiger partial charge on any atom is -0.454 e. The van der Waals surface area contributed by atoms with E-state index in [9.17, 15) is 9.59 Å². The SMILES string of the molecule is C[C@H](OC(=O)c1c2c(nc3ccccc13)/C(=C\c1ccc3c(c1)OCO3)C[C@H](C(C)(C)C)C2)C(=O)Nc1ccc(Cl)cc1Cl. The molecule has 1 amide bonds. The van der Waals surface area contributed by atoms with Crippen LogP contribution in [0.25, 0.3) is 22.6 Å². The summed E-state index contributed by atoms with van der Waals surface area (Å²) < 4.78 is 16.9. The highest BCUT2D eigenvalue weighted by Gasteiger charge is 2.36. The van der Waals surface area contributed by atoms with E-state index in [1.54, 1.807) is 12.1 Å². The molecule has 0 bridgehead atoms. The van der Waals surface area contributed by atoms with Gasteiger partial charge in [-0.25, -0.2) is 9.78 Å². The van der Waals surface area contributed by atoms with E-state index in [1.165, 1.54) is 13.0 Å². The summed E-state index contributed by atoms with van der Waals surface area (Å²) in [4.78, 5) is 32.2. The first-order chi connectivity index (χ1) is 21.0. The number of para-hydroxylation sites is 1. The molecule has 3 aromatic carbocycles. The van der Waals surface area contributed by atoms with Gasteiger partial charge in [-0.3, -0.25) is 4.79 Å². The molecule has 0 saturated heterocycles. The van der Waals surface area contributed by atoms with Crippen molar-refractivity contribution in [2.75, 3.05) is 12.1 Å². The zero-order valence-electron chi connectivity index (χ0n) is 24.9. The van der Waals surface area contributed by atoms with Crippen LogP contribution < -0.4 is 14.8 Å². The molecule has 6 rings (SSSR count). The summed E-state index contributed by atoms with van der Waals surface area (Å²) >= 11 is 12.2. The Balaban J connectivity index is 1.40. The number of halogens is 2. The predicted molar refractivity (Wildman–Crippen MR) is 173 cm³/mol. The minimum absolute atomic E-state index is 0.0521. The van der Waals surface area contributed by atoms with Crippen molar-refractivity contribution < 1.29 is 23.8 Å². The van der Waals surface area contributed by atoms with E-state index in [1.807, 2.05) is 42.5 Å². The quantitative estimate of drug-likeness (QED) is 0.222. The molecule has 0 unspecified atom stereocenters. The Morgan fingerprint density at radius 3 is 2.57 bits per heavy atom. The van der Waals surface area contributed by atoms with Gasteiger partial charge in [0.2, 0.25) is 6.79 Å². The van der Waals surface area contributed by atoms with Crippen LogP contribution in [0, 0.1) is 11.3 Å². The van der Waals surface area contributed by atoms with Crippen LogP contribution in [0.2, 0.25) is 10.0 Å². The average Bonchev–Trinajstić information content (AvgIpc) is 3.45. The number of esters is 1. The minimum atomic E-state index is -1.09. The van der Waals surface area contributed by atoms with Gasteiger partial charge in [-0.05, 0) is 90.3 Å². The number of nitrogens with zero attached hydrogens (tertiary/aromatic N) is 1. The Morgan fingerprint density at radius 2 is 1.80 bits per heavy atom. The second-order valence-electron chi connectivity index (χ2n) is 12.2. The first kappa shape index (κ1) is 30.0. The summed E-state index contributed by atoms with van der Waals surface area (Å²) in [5.74, 6) is 0.546. The number of nitrogens with one attached hydrogen (secondary N) is 1. The summed E-state index contributed by atoms with van der Waals surface area (Å²) in [7, 11) is 0. The normalized spacial score (nSPS) is 17.3. The summed E-state index contributed by atoms with van der Waals surface area (Å²) in [6, 6.07) is 18.1. The van der Waals surface area contributed by atoms with Crippen molar-refractivity contribution in [1.29, 1.82) is 0 Å². The number of pyridine rings is 1. The smallest absolute Gasteiger partial charge is 0.339 e. The Kier molecular flexibility index (Phi) is 8.03. The molecule has 0 saturated carbocycles. The number of carbonyl (C=O) groups is 2. The number of carbonyl (C=O) groups excluding carboxylic acids is 2. The summed E-state index contributed by atoms with van der Waals surface area (Å²) in [6.45, 7) is 8.37. The largest absolute Gasteiger partial charge is 0.454 e. The van der Waals surface area contributed by atoms with Gasteiger partial charge in [-0.15, -0.1) is 0 Å². The van der Waals surface area contributed by atoms with Gasteiger partial charge < -0.3 is 19.5 Å². The maximum atomic E-state index is 14.0. The zero-order valence-corrected chi connectivity index (χ0v) is 26.4. The van der Waals surface area contributed by atoms with Crippen LogP contribution >= 0.6 is 23.2 Å². The van der Waals surface area contributed by atoms with E-state index in [2.05, 4.69) is 32.2 Å². The maximum Gasteiger partial charge on any atom is 0.339 e. The molecule has 226 valence electrons. The van der Waals surface area contributed by atoms with Gasteiger partial charge in [0.15, 0.2) is 17.6 Å². The van der Waals surface area contributed by atoms with E-state index in [0.29, 0.717) is 39.3 Å². The third-order valence-corrected chi connectivity index (χ3v) is 8.77. The van der Waals surface area contributed by atoms with E-state index in [-0.39, 0.29) is 23.1 Å². The van der Waals surface area contributed by atoms with Crippen molar-refractivity contribution in [2.45, 2.75) is 46.6 Å². The van der Waals surface area contributed by atoms with Crippen molar-refractivity contribution in [3.05, 3.63) is 93.1 Å². The number of amides is 1. The number of anilines is 1. The van der Waals surface area contributed by atoms with Crippen LogP contribution in [0.3, 0.4) is 0 Å². The van der Waals surface area contributed by atoms with Crippen molar-refractivity contribution in [3.63, 3.8) is 0 Å². The van der Waals surface area contributed by atoms with Crippen molar-refractivity contribution in [2.24, 2.45) is 11.3 Å². The number of ether oxygens (including phenoxy) is 3. The Morgan fingerprint density at radius 1 is 1.02 bits per heavy atom. The lowest BCUT2D eigenvalue weighted by atomic mass is 9.69. The zero-order chi connectivity index (χ0) is 31.2. The summed E-state index contributed by atoms with van der Waals surface area (Å²) in [6.07, 6.45) is 2.44. The lowest BCUT2D eigenvalue weighted by Crippen LogP contribution is -2.32. The molecule has 1 N–H and O–H groups in total. The number of aromatic nitrogens is 1. The maximum absolute atomic E-state index is 14.0. The summed E-state index contributed by atoms with van der Waals surface area (Å²) in [5, 5.41) is 4.14. The molecule has 1 aliphatic carbocycles. The molecule has 2 aliphatic rings. The Labute approximate surface area is 266 Å². The molecule has 44 heavy (non-hydrogen) atoms. The molecule has 2 heterocycles. The van der Waals surface area contributed by atoms with E-state index in [0.717, 1.165) is 34.6 Å². The van der Waals surface area contributed by atoms with E-state index in [4.69, 9.17) is 42.4 Å². The van der Waals surface area contributed by atoms with E-state index >= 15 is 0 Å². The van der Waals surface area contributed by atoms with Crippen molar-refractivity contribution >= 4 is 63.3 Å². The van der Waals surface area contributed by atoms with Gasteiger partial charge >= 0.3 is 5.97 Å². The molecule has 7 nitrogen and oxygen atoms in total. The van der Waals surface area contributed by atoms with Gasteiger partial charge in [0.25, 0.3) is 5.91 Å². The highest BCUT2D eigenvalue weighted by molar-refractivity contribution is 6.36. The average molecular weight is 632 g/mol. The third kappa shape index (κ3) is 5.99. The third-order valence-electron chi connectivity index (χ3n) is 8.22. The number of hydrogen-bond acceptors (Lipinski definition) is 6. The highest BCUT2D eigenvalue weighted by Crippen LogP contribution is 2.45. The standard InChI is InChI=1S/C35H32Cl2N2O5/c1-19(33(40)39-28-11-10-23(36)17-26(28)37)44-34(41)31-24-7-5-6-8-27(24)38-32-21(15-22(16-25(31)32)35(2,3)4)13-20-9-12-29-30(14-20)43-18-42-29/h5-14,17,19,22H,15-16,18H2,1-4H3,(H,39,40)/b21-13-/t19-,22-/m0/s1. The number of hydrogen-bond donors (Lipinski definition) is 1. The molecule has 4 aromatic rings. The van der Waals surface area contributed by atoms with Gasteiger partial charge in [0.1, 0.15) is 0 Å². The lowest BCUT2D eigenvalue weighted by molar-refractivity contribution is -0.123. The van der Waals surface area contributed by atoms with Crippen LogP contribution in [-0.4, -0.2) is 29.8 Å². The number of allylic oxidation sites excluding steroid dienone is 1.